The van der Waals surface area contributed by atoms with Crippen LogP contribution < -0.4 is 0 Å². The summed E-state index contributed by atoms with van der Waals surface area (Å²) in [5.74, 6) is 1.24. The zero-order valence-corrected chi connectivity index (χ0v) is 12.1. The largest absolute Gasteiger partial charge is 0.388 e. The Hall–Kier alpha value is -0.530. The summed E-state index contributed by atoms with van der Waals surface area (Å²) in [5, 5.41) is 11.3. The fraction of sp³-hybridized carbons (Fsp3) is 0.625. The molecule has 1 atom stereocenters. The average molecular weight is 267 g/mol. The Morgan fingerprint density at radius 1 is 1.28 bits per heavy atom. The maximum absolute atomic E-state index is 10.5. The van der Waals surface area contributed by atoms with Crippen molar-refractivity contribution in [2.75, 3.05) is 0 Å². The third-order valence-corrected chi connectivity index (χ3v) is 4.97. The van der Waals surface area contributed by atoms with Gasteiger partial charge in [-0.05, 0) is 42.7 Å². The topological polar surface area (TPSA) is 20.2 Å². The van der Waals surface area contributed by atoms with Crippen LogP contribution in [0.1, 0.15) is 56.3 Å². The Labute approximate surface area is 115 Å². The number of aliphatic hydroxyl groups excluding tert-OH is 1. The molecule has 0 spiro atoms. The summed E-state index contributed by atoms with van der Waals surface area (Å²) in [6, 6.07) is 5.94. The highest BCUT2D eigenvalue weighted by atomic mass is 35.5. The number of rotatable bonds is 3. The van der Waals surface area contributed by atoms with E-state index in [0.717, 1.165) is 34.9 Å². The molecule has 0 heterocycles. The molecule has 100 valence electrons. The molecule has 0 radical (unpaired) electrons. The second kappa shape index (κ2) is 6.08. The molecule has 2 heteroatoms. The van der Waals surface area contributed by atoms with Gasteiger partial charge in [-0.3, -0.25) is 0 Å². The van der Waals surface area contributed by atoms with E-state index in [1.54, 1.807) is 0 Å². The van der Waals surface area contributed by atoms with Crippen molar-refractivity contribution >= 4 is 11.6 Å². The smallest absolute Gasteiger partial charge is 0.0832 e. The lowest BCUT2D eigenvalue weighted by Gasteiger charge is -2.31. The van der Waals surface area contributed by atoms with Crippen molar-refractivity contribution in [3.63, 3.8) is 0 Å². The van der Waals surface area contributed by atoms with E-state index < -0.39 is 6.10 Å². The molecular weight excluding hydrogens is 244 g/mol. The number of hydrogen-bond donors (Lipinski definition) is 1. The average Bonchev–Trinajstić information content (AvgIpc) is 2.41. The number of hydrogen-bond acceptors (Lipinski definition) is 1. The third-order valence-electron chi connectivity index (χ3n) is 4.46. The molecule has 1 aliphatic rings. The van der Waals surface area contributed by atoms with E-state index in [1.807, 2.05) is 25.1 Å². The van der Waals surface area contributed by atoms with Gasteiger partial charge in [-0.1, -0.05) is 56.0 Å². The summed E-state index contributed by atoms with van der Waals surface area (Å²) in [7, 11) is 0. The summed E-state index contributed by atoms with van der Waals surface area (Å²) >= 11 is 6.30. The molecule has 1 unspecified atom stereocenters. The highest BCUT2D eigenvalue weighted by Crippen LogP contribution is 2.40. The standard InChI is InChI=1S/C16H23ClO/c1-3-12-7-9-13(10-8-12)16(18)14-6-4-5-11(2)15(14)17/h4-6,12-13,16,18H,3,7-10H2,1-2H3. The summed E-state index contributed by atoms with van der Waals surface area (Å²) < 4.78 is 0. The van der Waals surface area contributed by atoms with Crippen LogP contribution in [0.15, 0.2) is 18.2 Å². The fourth-order valence-corrected chi connectivity index (χ4v) is 3.30. The Morgan fingerprint density at radius 3 is 2.56 bits per heavy atom. The van der Waals surface area contributed by atoms with Gasteiger partial charge in [-0.15, -0.1) is 0 Å². The van der Waals surface area contributed by atoms with Gasteiger partial charge in [0, 0.05) is 5.02 Å². The van der Waals surface area contributed by atoms with Gasteiger partial charge in [0.2, 0.25) is 0 Å². The minimum absolute atomic E-state index is 0.382. The molecule has 1 saturated carbocycles. The van der Waals surface area contributed by atoms with E-state index in [0.29, 0.717) is 5.92 Å². The third kappa shape index (κ3) is 2.89. The summed E-state index contributed by atoms with van der Waals surface area (Å²) in [5.41, 5.74) is 1.96. The normalized spacial score (nSPS) is 26.0. The van der Waals surface area contributed by atoms with E-state index in [9.17, 15) is 5.11 Å². The van der Waals surface area contributed by atoms with Crippen LogP contribution in [0.4, 0.5) is 0 Å². The summed E-state index contributed by atoms with van der Waals surface area (Å²) in [6.07, 6.45) is 5.64. The van der Waals surface area contributed by atoms with Gasteiger partial charge in [-0.2, -0.15) is 0 Å². The van der Waals surface area contributed by atoms with Crippen molar-refractivity contribution in [3.05, 3.63) is 34.3 Å². The zero-order valence-electron chi connectivity index (χ0n) is 11.3. The molecule has 0 saturated heterocycles. The van der Waals surface area contributed by atoms with Crippen LogP contribution in [0, 0.1) is 18.8 Å². The molecule has 1 nitrogen and oxygen atoms in total. The number of aryl methyl sites for hydroxylation is 1. The molecule has 0 bridgehead atoms. The Bertz CT molecular complexity index is 394. The Morgan fingerprint density at radius 2 is 1.94 bits per heavy atom. The van der Waals surface area contributed by atoms with Gasteiger partial charge in [0.05, 0.1) is 6.10 Å². The van der Waals surface area contributed by atoms with Crippen LogP contribution >= 0.6 is 11.6 Å². The molecule has 0 aromatic heterocycles. The molecular formula is C16H23ClO. The molecule has 1 N–H and O–H groups in total. The monoisotopic (exact) mass is 266 g/mol. The van der Waals surface area contributed by atoms with E-state index in [2.05, 4.69) is 6.92 Å². The summed E-state index contributed by atoms with van der Waals surface area (Å²) in [6.45, 7) is 4.26. The molecule has 1 fully saturated rings. The van der Waals surface area contributed by atoms with Crippen LogP contribution in [0.2, 0.25) is 5.02 Å². The first-order valence-corrected chi connectivity index (χ1v) is 7.44. The molecule has 0 amide bonds. The van der Waals surface area contributed by atoms with Crippen molar-refractivity contribution in [2.45, 2.75) is 52.1 Å². The van der Waals surface area contributed by atoms with Crippen molar-refractivity contribution in [2.24, 2.45) is 11.8 Å². The van der Waals surface area contributed by atoms with Crippen LogP contribution in [0.3, 0.4) is 0 Å². The van der Waals surface area contributed by atoms with Crippen molar-refractivity contribution in [1.82, 2.24) is 0 Å². The first-order valence-electron chi connectivity index (χ1n) is 7.06. The maximum atomic E-state index is 10.5. The highest BCUT2D eigenvalue weighted by molar-refractivity contribution is 6.32. The van der Waals surface area contributed by atoms with Gasteiger partial charge in [0.25, 0.3) is 0 Å². The van der Waals surface area contributed by atoms with E-state index >= 15 is 0 Å². The number of halogens is 1. The molecule has 2 rings (SSSR count). The molecule has 1 aromatic carbocycles. The fourth-order valence-electron chi connectivity index (χ4n) is 3.06. The van der Waals surface area contributed by atoms with Crippen LogP contribution in [-0.4, -0.2) is 5.11 Å². The molecule has 1 aromatic rings. The SMILES string of the molecule is CCC1CCC(C(O)c2cccc(C)c2Cl)CC1. The van der Waals surface area contributed by atoms with Crippen molar-refractivity contribution in [1.29, 1.82) is 0 Å². The lowest BCUT2D eigenvalue weighted by atomic mass is 9.77. The highest BCUT2D eigenvalue weighted by Gasteiger charge is 2.27. The van der Waals surface area contributed by atoms with Crippen LogP contribution in [-0.2, 0) is 0 Å². The van der Waals surface area contributed by atoms with Gasteiger partial charge in [-0.25, -0.2) is 0 Å². The lowest BCUT2D eigenvalue weighted by molar-refractivity contribution is 0.0730. The van der Waals surface area contributed by atoms with Crippen LogP contribution in [0.25, 0.3) is 0 Å². The van der Waals surface area contributed by atoms with E-state index in [1.165, 1.54) is 19.3 Å². The van der Waals surface area contributed by atoms with Gasteiger partial charge in [0.15, 0.2) is 0 Å². The lowest BCUT2D eigenvalue weighted by Crippen LogP contribution is -2.20. The minimum atomic E-state index is -0.393. The number of aliphatic hydroxyl groups is 1. The first-order chi connectivity index (χ1) is 8.63. The predicted molar refractivity (Wildman–Crippen MR) is 76.9 cm³/mol. The Kier molecular flexibility index (Phi) is 4.69. The Balaban J connectivity index is 2.08. The maximum Gasteiger partial charge on any atom is 0.0832 e. The number of benzene rings is 1. The molecule has 18 heavy (non-hydrogen) atoms. The van der Waals surface area contributed by atoms with Crippen molar-refractivity contribution < 1.29 is 5.11 Å². The predicted octanol–water partition coefficient (Wildman–Crippen LogP) is 4.90. The second-order valence-corrected chi connectivity index (χ2v) is 5.99. The molecule has 0 aliphatic heterocycles. The zero-order chi connectivity index (χ0) is 13.1. The van der Waals surface area contributed by atoms with E-state index in [-0.39, 0.29) is 0 Å². The molecule has 1 aliphatic carbocycles. The first kappa shape index (κ1) is 13.9. The van der Waals surface area contributed by atoms with Crippen molar-refractivity contribution in [3.8, 4) is 0 Å². The second-order valence-electron chi connectivity index (χ2n) is 5.61. The summed E-state index contributed by atoms with van der Waals surface area (Å²) in [4.78, 5) is 0. The van der Waals surface area contributed by atoms with Gasteiger partial charge >= 0.3 is 0 Å². The van der Waals surface area contributed by atoms with E-state index in [4.69, 9.17) is 11.6 Å². The van der Waals surface area contributed by atoms with Crippen LogP contribution in [0.5, 0.6) is 0 Å². The quantitative estimate of drug-likeness (QED) is 0.825. The van der Waals surface area contributed by atoms with Gasteiger partial charge < -0.3 is 5.11 Å². The minimum Gasteiger partial charge on any atom is -0.388 e. The van der Waals surface area contributed by atoms with Gasteiger partial charge in [0.1, 0.15) is 0 Å².